The third kappa shape index (κ3) is 6.12. The molecule has 0 radical (unpaired) electrons. The molecule has 0 unspecified atom stereocenters. The highest BCUT2D eigenvalue weighted by Crippen LogP contribution is 2.35. The Balaban J connectivity index is 1.44. The maximum absolute atomic E-state index is 13.6. The van der Waals surface area contributed by atoms with Gasteiger partial charge in [-0.2, -0.15) is 5.10 Å². The molecule has 0 spiro atoms. The molecule has 5 rings (SSSR count). The first kappa shape index (κ1) is 27.6. The molecular weight excluding hydrogens is 502 g/mol. The van der Waals surface area contributed by atoms with Gasteiger partial charge in [-0.05, 0) is 94.2 Å². The van der Waals surface area contributed by atoms with Crippen molar-refractivity contribution in [2.24, 2.45) is 0 Å². The second-order valence-corrected chi connectivity index (χ2v) is 11.1. The SMILES string of the molecule is Cc1cc(C)c(CNC(=O)c2cc(-c3ccc(OCCCN(C)C)cc3)cc3c2cnn3C2CCCC2)c(=O)[nH]1. The topological polar surface area (TPSA) is 92.2 Å². The Morgan fingerprint density at radius 3 is 2.55 bits per heavy atom. The van der Waals surface area contributed by atoms with Crippen LogP contribution in [-0.2, 0) is 6.54 Å². The lowest BCUT2D eigenvalue weighted by Gasteiger charge is -2.14. The van der Waals surface area contributed by atoms with E-state index in [1.807, 2.05) is 50.2 Å². The van der Waals surface area contributed by atoms with Crippen LogP contribution in [-0.4, -0.2) is 52.8 Å². The number of rotatable bonds is 10. The fraction of sp³-hybridized carbons (Fsp3) is 0.406. The number of H-pyrrole nitrogens is 1. The number of nitrogens with zero attached hydrogens (tertiary/aromatic N) is 3. The van der Waals surface area contributed by atoms with Crippen molar-refractivity contribution >= 4 is 16.8 Å². The van der Waals surface area contributed by atoms with Crippen LogP contribution < -0.4 is 15.6 Å². The van der Waals surface area contributed by atoms with Gasteiger partial charge >= 0.3 is 0 Å². The Labute approximate surface area is 235 Å². The van der Waals surface area contributed by atoms with Crippen LogP contribution in [0, 0.1) is 13.8 Å². The number of hydrogen-bond acceptors (Lipinski definition) is 5. The van der Waals surface area contributed by atoms with Crippen molar-refractivity contribution in [1.82, 2.24) is 25.0 Å². The van der Waals surface area contributed by atoms with Crippen molar-refractivity contribution in [2.75, 3.05) is 27.2 Å². The van der Waals surface area contributed by atoms with E-state index in [9.17, 15) is 9.59 Å². The monoisotopic (exact) mass is 541 g/mol. The molecule has 0 atom stereocenters. The van der Waals surface area contributed by atoms with E-state index in [1.54, 1.807) is 6.20 Å². The summed E-state index contributed by atoms with van der Waals surface area (Å²) < 4.78 is 8.02. The molecule has 2 N–H and O–H groups in total. The van der Waals surface area contributed by atoms with E-state index < -0.39 is 0 Å². The highest BCUT2D eigenvalue weighted by Gasteiger charge is 2.23. The minimum Gasteiger partial charge on any atom is -0.494 e. The molecule has 1 saturated carbocycles. The average molecular weight is 542 g/mol. The molecule has 2 aromatic carbocycles. The van der Waals surface area contributed by atoms with Crippen LogP contribution in [0.15, 0.2) is 53.5 Å². The van der Waals surface area contributed by atoms with Crippen LogP contribution in [0.2, 0.25) is 0 Å². The van der Waals surface area contributed by atoms with E-state index in [4.69, 9.17) is 9.84 Å². The molecule has 0 bridgehead atoms. The fourth-order valence-electron chi connectivity index (χ4n) is 5.62. The number of benzene rings is 2. The maximum atomic E-state index is 13.6. The van der Waals surface area contributed by atoms with Crippen LogP contribution in [0.1, 0.15) is 65.3 Å². The third-order valence-corrected chi connectivity index (χ3v) is 7.76. The Kier molecular flexibility index (Phi) is 8.35. The van der Waals surface area contributed by atoms with Crippen LogP contribution in [0.5, 0.6) is 5.75 Å². The van der Waals surface area contributed by atoms with Gasteiger partial charge in [-0.1, -0.05) is 25.0 Å². The van der Waals surface area contributed by atoms with Crippen molar-refractivity contribution in [1.29, 1.82) is 0 Å². The van der Waals surface area contributed by atoms with Crippen LogP contribution in [0.4, 0.5) is 0 Å². The lowest BCUT2D eigenvalue weighted by atomic mass is 9.99. The van der Waals surface area contributed by atoms with E-state index in [-0.39, 0.29) is 18.0 Å². The summed E-state index contributed by atoms with van der Waals surface area (Å²) in [6.07, 6.45) is 7.35. The maximum Gasteiger partial charge on any atom is 0.253 e. The zero-order chi connectivity index (χ0) is 28.2. The van der Waals surface area contributed by atoms with Crippen molar-refractivity contribution in [3.63, 3.8) is 0 Å². The predicted molar refractivity (Wildman–Crippen MR) is 159 cm³/mol. The zero-order valence-corrected chi connectivity index (χ0v) is 23.9. The van der Waals surface area contributed by atoms with Gasteiger partial charge in [-0.15, -0.1) is 0 Å². The molecule has 8 heteroatoms. The first-order valence-electron chi connectivity index (χ1n) is 14.2. The molecule has 0 aliphatic heterocycles. The van der Waals surface area contributed by atoms with Gasteiger partial charge in [0.1, 0.15) is 5.75 Å². The smallest absolute Gasteiger partial charge is 0.253 e. The van der Waals surface area contributed by atoms with E-state index >= 15 is 0 Å². The van der Waals surface area contributed by atoms with Gasteiger partial charge in [-0.3, -0.25) is 14.3 Å². The third-order valence-electron chi connectivity index (χ3n) is 7.76. The Bertz CT molecular complexity index is 1550. The van der Waals surface area contributed by atoms with Crippen LogP contribution in [0.25, 0.3) is 22.0 Å². The molecule has 1 aliphatic rings. The first-order chi connectivity index (χ1) is 19.3. The highest BCUT2D eigenvalue weighted by molar-refractivity contribution is 6.08. The lowest BCUT2D eigenvalue weighted by Crippen LogP contribution is -2.28. The molecule has 210 valence electrons. The molecule has 8 nitrogen and oxygen atoms in total. The van der Waals surface area contributed by atoms with Crippen molar-refractivity contribution < 1.29 is 9.53 Å². The molecule has 40 heavy (non-hydrogen) atoms. The molecule has 4 aromatic rings. The van der Waals surface area contributed by atoms with E-state index in [0.29, 0.717) is 23.8 Å². The average Bonchev–Trinajstić information content (AvgIpc) is 3.60. The van der Waals surface area contributed by atoms with Gasteiger partial charge in [0.25, 0.3) is 11.5 Å². The van der Waals surface area contributed by atoms with Gasteiger partial charge in [0.15, 0.2) is 0 Å². The summed E-state index contributed by atoms with van der Waals surface area (Å²) in [7, 11) is 4.12. The quantitative estimate of drug-likeness (QED) is 0.263. The summed E-state index contributed by atoms with van der Waals surface area (Å²) in [4.78, 5) is 31.1. The molecule has 1 fully saturated rings. The summed E-state index contributed by atoms with van der Waals surface area (Å²) in [6, 6.07) is 14.4. The van der Waals surface area contributed by atoms with E-state index in [2.05, 4.69) is 40.0 Å². The number of aromatic amines is 1. The molecule has 0 saturated heterocycles. The number of hydrogen-bond donors (Lipinski definition) is 2. The molecule has 1 aliphatic carbocycles. The lowest BCUT2D eigenvalue weighted by molar-refractivity contribution is 0.0952. The largest absolute Gasteiger partial charge is 0.494 e. The zero-order valence-electron chi connectivity index (χ0n) is 23.9. The number of carbonyl (C=O) groups excluding carboxylic acids is 1. The Morgan fingerprint density at radius 2 is 1.85 bits per heavy atom. The number of carbonyl (C=O) groups is 1. The Morgan fingerprint density at radius 1 is 1.10 bits per heavy atom. The molecule has 1 amide bonds. The number of amides is 1. The summed E-state index contributed by atoms with van der Waals surface area (Å²) in [5.74, 6) is 0.606. The van der Waals surface area contributed by atoms with E-state index in [1.165, 1.54) is 12.8 Å². The summed E-state index contributed by atoms with van der Waals surface area (Å²) in [5.41, 5.74) is 5.52. The van der Waals surface area contributed by atoms with Gasteiger partial charge in [0.05, 0.1) is 29.9 Å². The number of pyridine rings is 1. The molecular formula is C32H39N5O3. The Hall–Kier alpha value is -3.91. The summed E-state index contributed by atoms with van der Waals surface area (Å²) in [6.45, 7) is 5.55. The highest BCUT2D eigenvalue weighted by atomic mass is 16.5. The second kappa shape index (κ2) is 12.1. The van der Waals surface area contributed by atoms with Crippen molar-refractivity contribution in [3.8, 4) is 16.9 Å². The van der Waals surface area contributed by atoms with Crippen LogP contribution >= 0.6 is 0 Å². The van der Waals surface area contributed by atoms with E-state index in [0.717, 1.165) is 64.8 Å². The summed E-state index contributed by atoms with van der Waals surface area (Å²) in [5, 5.41) is 8.55. The van der Waals surface area contributed by atoms with Crippen molar-refractivity contribution in [3.05, 3.63) is 81.4 Å². The van der Waals surface area contributed by atoms with Gasteiger partial charge in [-0.25, -0.2) is 0 Å². The van der Waals surface area contributed by atoms with Gasteiger partial charge in [0.2, 0.25) is 0 Å². The number of ether oxygens (including phenoxy) is 1. The molecule has 2 heterocycles. The number of aryl methyl sites for hydroxylation is 2. The number of aromatic nitrogens is 3. The normalized spacial score (nSPS) is 13.8. The number of nitrogens with one attached hydrogen (secondary N) is 2. The second-order valence-electron chi connectivity index (χ2n) is 11.1. The summed E-state index contributed by atoms with van der Waals surface area (Å²) >= 11 is 0. The number of fused-ring (bicyclic) bond motifs is 1. The van der Waals surface area contributed by atoms with Crippen molar-refractivity contribution in [2.45, 2.75) is 58.5 Å². The fourth-order valence-corrected chi connectivity index (χ4v) is 5.62. The first-order valence-corrected chi connectivity index (χ1v) is 14.2. The predicted octanol–water partition coefficient (Wildman–Crippen LogP) is 5.38. The standard InChI is InChI=1S/C32H39N5O3/c1-21-16-22(2)35-32(39)28(21)19-33-31(38)27-17-24(18-30-29(27)20-34-37(30)25-8-5-6-9-25)23-10-12-26(13-11-23)40-15-7-14-36(3)4/h10-13,16-18,20,25H,5-9,14-15,19H2,1-4H3,(H,33,38)(H,35,39). The molecule has 2 aromatic heterocycles. The van der Waals surface area contributed by atoms with Gasteiger partial charge in [0, 0.05) is 29.7 Å². The minimum absolute atomic E-state index is 0.155. The minimum atomic E-state index is -0.224. The van der Waals surface area contributed by atoms with Crippen LogP contribution in [0.3, 0.4) is 0 Å². The van der Waals surface area contributed by atoms with Gasteiger partial charge < -0.3 is 19.9 Å².